The van der Waals surface area contributed by atoms with Crippen LogP contribution in [-0.4, -0.2) is 37.1 Å². The average molecular weight is 238 g/mol. The maximum Gasteiger partial charge on any atom is 0.0195 e. The molecule has 2 nitrogen and oxygen atoms in total. The smallest absolute Gasteiger partial charge is 0.0195 e. The van der Waals surface area contributed by atoms with Crippen molar-refractivity contribution in [1.29, 1.82) is 0 Å². The van der Waals surface area contributed by atoms with Gasteiger partial charge in [-0.15, -0.1) is 0 Å². The van der Waals surface area contributed by atoms with Gasteiger partial charge in [-0.3, -0.25) is 4.90 Å². The highest BCUT2D eigenvalue weighted by molar-refractivity contribution is 4.89. The molecular weight excluding hydrogens is 208 g/mol. The third-order valence-corrected chi connectivity index (χ3v) is 4.95. The molecule has 1 unspecified atom stereocenters. The van der Waals surface area contributed by atoms with Crippen molar-refractivity contribution in [2.24, 2.45) is 5.41 Å². The topological polar surface area (TPSA) is 15.3 Å². The summed E-state index contributed by atoms with van der Waals surface area (Å²) in [5, 5.41) is 3.66. The molecule has 0 spiro atoms. The van der Waals surface area contributed by atoms with E-state index in [4.69, 9.17) is 0 Å². The molecule has 1 N–H and O–H groups in total. The minimum Gasteiger partial charge on any atom is -0.311 e. The van der Waals surface area contributed by atoms with Crippen LogP contribution in [0, 0.1) is 5.41 Å². The van der Waals surface area contributed by atoms with Crippen molar-refractivity contribution < 1.29 is 0 Å². The Bertz CT molecular complexity index is 219. The first-order valence-corrected chi connectivity index (χ1v) is 7.74. The molecule has 17 heavy (non-hydrogen) atoms. The molecule has 1 saturated carbocycles. The highest BCUT2D eigenvalue weighted by Crippen LogP contribution is 2.41. The summed E-state index contributed by atoms with van der Waals surface area (Å²) in [6.07, 6.45) is 9.93. The molecule has 1 heterocycles. The summed E-state index contributed by atoms with van der Waals surface area (Å²) in [7, 11) is 0. The van der Waals surface area contributed by atoms with Gasteiger partial charge < -0.3 is 5.32 Å². The Balaban J connectivity index is 1.85. The molecule has 100 valence electrons. The van der Waals surface area contributed by atoms with Gasteiger partial charge in [0.05, 0.1) is 0 Å². The lowest BCUT2D eigenvalue weighted by Crippen LogP contribution is -2.52. The molecule has 1 aliphatic heterocycles. The Kier molecular flexibility index (Phi) is 4.87. The Morgan fingerprint density at radius 1 is 1.24 bits per heavy atom. The fraction of sp³-hybridized carbons (Fsp3) is 1.00. The second kappa shape index (κ2) is 6.19. The fourth-order valence-corrected chi connectivity index (χ4v) is 3.80. The summed E-state index contributed by atoms with van der Waals surface area (Å²) in [5.41, 5.74) is 0.675. The van der Waals surface area contributed by atoms with Crippen molar-refractivity contribution in [3.05, 3.63) is 0 Å². The molecule has 1 aliphatic carbocycles. The molecule has 1 saturated heterocycles. The van der Waals surface area contributed by atoms with E-state index in [0.717, 1.165) is 6.04 Å². The summed E-state index contributed by atoms with van der Waals surface area (Å²) in [5.74, 6) is 0. The van der Waals surface area contributed by atoms with Gasteiger partial charge in [0.2, 0.25) is 0 Å². The van der Waals surface area contributed by atoms with Crippen LogP contribution in [0.1, 0.15) is 58.8 Å². The van der Waals surface area contributed by atoms with Crippen molar-refractivity contribution in [1.82, 2.24) is 10.2 Å². The minimum absolute atomic E-state index is 0.675. The predicted molar refractivity (Wildman–Crippen MR) is 74.3 cm³/mol. The molecule has 0 aromatic rings. The third kappa shape index (κ3) is 3.45. The minimum atomic E-state index is 0.675. The molecule has 0 bridgehead atoms. The largest absolute Gasteiger partial charge is 0.311 e. The van der Waals surface area contributed by atoms with E-state index in [9.17, 15) is 0 Å². The number of nitrogens with one attached hydrogen (secondary N) is 1. The maximum atomic E-state index is 3.66. The van der Waals surface area contributed by atoms with Crippen molar-refractivity contribution >= 4 is 0 Å². The number of nitrogens with zero attached hydrogens (tertiary/aromatic N) is 1. The first-order valence-electron chi connectivity index (χ1n) is 7.74. The number of hydrogen-bond donors (Lipinski definition) is 1. The van der Waals surface area contributed by atoms with E-state index < -0.39 is 0 Å². The lowest BCUT2D eigenvalue weighted by molar-refractivity contribution is 0.113. The van der Waals surface area contributed by atoms with E-state index in [1.807, 2.05) is 0 Å². The molecule has 0 radical (unpaired) electrons. The average Bonchev–Trinajstić information content (AvgIpc) is 2.79. The molecule has 2 heteroatoms. The van der Waals surface area contributed by atoms with Crippen LogP contribution in [0.4, 0.5) is 0 Å². The van der Waals surface area contributed by atoms with Gasteiger partial charge in [0.25, 0.3) is 0 Å². The number of rotatable bonds is 5. The van der Waals surface area contributed by atoms with Crippen LogP contribution in [0.3, 0.4) is 0 Å². The second-order valence-electron chi connectivity index (χ2n) is 6.24. The Morgan fingerprint density at radius 2 is 2.00 bits per heavy atom. The third-order valence-electron chi connectivity index (χ3n) is 4.95. The van der Waals surface area contributed by atoms with Crippen LogP contribution >= 0.6 is 0 Å². The fourth-order valence-electron chi connectivity index (χ4n) is 3.80. The van der Waals surface area contributed by atoms with Gasteiger partial charge in [0, 0.05) is 32.2 Å². The van der Waals surface area contributed by atoms with Gasteiger partial charge in [0.1, 0.15) is 0 Å². The quantitative estimate of drug-likeness (QED) is 0.792. The van der Waals surface area contributed by atoms with E-state index in [1.54, 1.807) is 0 Å². The van der Waals surface area contributed by atoms with Crippen molar-refractivity contribution in [2.45, 2.75) is 64.8 Å². The molecule has 2 fully saturated rings. The van der Waals surface area contributed by atoms with E-state index in [-0.39, 0.29) is 0 Å². The highest BCUT2D eigenvalue weighted by Gasteiger charge is 2.34. The van der Waals surface area contributed by atoms with Crippen LogP contribution in [0.5, 0.6) is 0 Å². The lowest BCUT2D eigenvalue weighted by Gasteiger charge is -2.39. The van der Waals surface area contributed by atoms with E-state index in [2.05, 4.69) is 24.1 Å². The summed E-state index contributed by atoms with van der Waals surface area (Å²) in [6.45, 7) is 9.82. The molecule has 0 aromatic heterocycles. The van der Waals surface area contributed by atoms with Gasteiger partial charge in [0.15, 0.2) is 0 Å². The first-order chi connectivity index (χ1) is 8.28. The number of hydrogen-bond acceptors (Lipinski definition) is 2. The van der Waals surface area contributed by atoms with Crippen molar-refractivity contribution in [3.8, 4) is 0 Å². The van der Waals surface area contributed by atoms with Crippen molar-refractivity contribution in [3.63, 3.8) is 0 Å². The molecule has 0 aromatic carbocycles. The first kappa shape index (κ1) is 13.4. The maximum absolute atomic E-state index is 3.66. The van der Waals surface area contributed by atoms with Gasteiger partial charge in [-0.1, -0.05) is 33.1 Å². The second-order valence-corrected chi connectivity index (χ2v) is 6.24. The van der Waals surface area contributed by atoms with E-state index >= 15 is 0 Å². The Morgan fingerprint density at radius 3 is 2.65 bits per heavy atom. The van der Waals surface area contributed by atoms with Gasteiger partial charge in [-0.25, -0.2) is 0 Å². The van der Waals surface area contributed by atoms with Gasteiger partial charge in [-0.2, -0.15) is 0 Å². The summed E-state index contributed by atoms with van der Waals surface area (Å²) < 4.78 is 0. The number of piperazine rings is 1. The highest BCUT2D eigenvalue weighted by atomic mass is 15.2. The molecule has 2 rings (SSSR count). The lowest BCUT2D eigenvalue weighted by atomic mass is 9.82. The van der Waals surface area contributed by atoms with Gasteiger partial charge >= 0.3 is 0 Å². The zero-order valence-electron chi connectivity index (χ0n) is 11.8. The van der Waals surface area contributed by atoms with Crippen LogP contribution in [0.2, 0.25) is 0 Å². The molecule has 2 aliphatic rings. The summed E-state index contributed by atoms with van der Waals surface area (Å²) in [4.78, 5) is 2.74. The predicted octanol–water partition coefficient (Wildman–Crippen LogP) is 3.03. The van der Waals surface area contributed by atoms with Crippen LogP contribution in [0.25, 0.3) is 0 Å². The summed E-state index contributed by atoms with van der Waals surface area (Å²) >= 11 is 0. The standard InChI is InChI=1S/C15H30N2/c1-3-7-14-12-17(11-10-16-14)13-15(4-2)8-5-6-9-15/h14,16H,3-13H2,1-2H3. The van der Waals surface area contributed by atoms with E-state index in [0.29, 0.717) is 5.41 Å². The Labute approximate surface area is 107 Å². The molecule has 1 atom stereocenters. The Hall–Kier alpha value is -0.0800. The zero-order valence-corrected chi connectivity index (χ0v) is 11.8. The van der Waals surface area contributed by atoms with Crippen LogP contribution in [0.15, 0.2) is 0 Å². The zero-order chi connectivity index (χ0) is 12.1. The SMILES string of the molecule is CCCC1CN(CC2(CC)CCCC2)CCN1. The van der Waals surface area contributed by atoms with Crippen LogP contribution in [-0.2, 0) is 0 Å². The van der Waals surface area contributed by atoms with E-state index in [1.165, 1.54) is 71.1 Å². The molecule has 0 amide bonds. The normalized spacial score (nSPS) is 29.6. The summed E-state index contributed by atoms with van der Waals surface area (Å²) in [6, 6.07) is 0.754. The van der Waals surface area contributed by atoms with Crippen LogP contribution < -0.4 is 5.32 Å². The molecular formula is C15H30N2. The van der Waals surface area contributed by atoms with Gasteiger partial charge in [-0.05, 0) is 31.1 Å². The van der Waals surface area contributed by atoms with Crippen molar-refractivity contribution in [2.75, 3.05) is 26.2 Å². The monoisotopic (exact) mass is 238 g/mol.